The van der Waals surface area contributed by atoms with Crippen molar-refractivity contribution in [1.82, 2.24) is 4.90 Å². The van der Waals surface area contributed by atoms with E-state index in [0.717, 1.165) is 16.3 Å². The third-order valence-electron chi connectivity index (χ3n) is 4.94. The summed E-state index contributed by atoms with van der Waals surface area (Å²) in [5.41, 5.74) is 2.30. The number of carbonyl (C=O) groups is 2. The number of carbonyl (C=O) groups excluding carboxylic acids is 2. The molecule has 2 amide bonds. The normalized spacial score (nSPS) is 14.1. The summed E-state index contributed by atoms with van der Waals surface area (Å²) in [5.74, 6) is -0.0828. The van der Waals surface area contributed by atoms with Crippen LogP contribution in [-0.2, 0) is 16.0 Å². The molecule has 0 aromatic heterocycles. The molecule has 1 aliphatic heterocycles. The largest absolute Gasteiger partial charge is 0.378 e. The number of anilines is 1. The number of amides is 2. The number of fused-ring (bicyclic) bond motifs is 1. The van der Waals surface area contributed by atoms with E-state index in [1.807, 2.05) is 42.5 Å². The molecule has 0 saturated carbocycles. The number of rotatable bonds is 4. The van der Waals surface area contributed by atoms with Gasteiger partial charge in [-0.3, -0.25) is 9.59 Å². The van der Waals surface area contributed by atoms with E-state index in [1.165, 1.54) is 0 Å². The Balaban J connectivity index is 1.41. The quantitative estimate of drug-likeness (QED) is 0.760. The van der Waals surface area contributed by atoms with E-state index in [0.29, 0.717) is 44.0 Å². The molecule has 0 unspecified atom stereocenters. The lowest BCUT2D eigenvalue weighted by Gasteiger charge is -2.26. The van der Waals surface area contributed by atoms with Crippen molar-refractivity contribution in [1.29, 1.82) is 0 Å². The van der Waals surface area contributed by atoms with Crippen LogP contribution in [0.15, 0.2) is 66.7 Å². The molecule has 0 aliphatic carbocycles. The van der Waals surface area contributed by atoms with E-state index < -0.39 is 0 Å². The molecular weight excluding hydrogens is 352 g/mol. The zero-order valence-electron chi connectivity index (χ0n) is 15.6. The number of hydrogen-bond acceptors (Lipinski definition) is 3. The molecule has 1 heterocycles. The van der Waals surface area contributed by atoms with E-state index in [-0.39, 0.29) is 11.8 Å². The van der Waals surface area contributed by atoms with Gasteiger partial charge in [0.1, 0.15) is 0 Å². The summed E-state index contributed by atoms with van der Waals surface area (Å²) in [6, 6.07) is 21.1. The maximum Gasteiger partial charge on any atom is 0.254 e. The summed E-state index contributed by atoms with van der Waals surface area (Å²) >= 11 is 0. The van der Waals surface area contributed by atoms with Gasteiger partial charge in [0.25, 0.3) is 5.91 Å². The monoisotopic (exact) mass is 374 g/mol. The first-order chi connectivity index (χ1) is 13.7. The summed E-state index contributed by atoms with van der Waals surface area (Å²) in [7, 11) is 0. The Kier molecular flexibility index (Phi) is 5.35. The van der Waals surface area contributed by atoms with Crippen LogP contribution in [-0.4, -0.2) is 43.0 Å². The molecule has 28 heavy (non-hydrogen) atoms. The van der Waals surface area contributed by atoms with Gasteiger partial charge >= 0.3 is 0 Å². The van der Waals surface area contributed by atoms with Crippen molar-refractivity contribution in [2.75, 3.05) is 31.6 Å². The number of nitrogens with one attached hydrogen (secondary N) is 1. The highest BCUT2D eigenvalue weighted by Crippen LogP contribution is 2.20. The van der Waals surface area contributed by atoms with Crippen LogP contribution >= 0.6 is 0 Å². The van der Waals surface area contributed by atoms with Crippen molar-refractivity contribution in [2.45, 2.75) is 6.42 Å². The highest BCUT2D eigenvalue weighted by molar-refractivity contribution is 5.97. The minimum Gasteiger partial charge on any atom is -0.378 e. The van der Waals surface area contributed by atoms with Gasteiger partial charge in [0, 0.05) is 24.3 Å². The highest BCUT2D eigenvalue weighted by Gasteiger charge is 2.18. The van der Waals surface area contributed by atoms with Gasteiger partial charge < -0.3 is 15.0 Å². The zero-order chi connectivity index (χ0) is 19.3. The second-order valence-electron chi connectivity index (χ2n) is 6.85. The number of hydrogen-bond donors (Lipinski definition) is 1. The molecule has 3 aromatic carbocycles. The lowest BCUT2D eigenvalue weighted by molar-refractivity contribution is -0.115. The predicted molar refractivity (Wildman–Crippen MR) is 109 cm³/mol. The van der Waals surface area contributed by atoms with E-state index in [1.54, 1.807) is 29.2 Å². The molecule has 0 atom stereocenters. The molecular formula is C23H22N2O3. The van der Waals surface area contributed by atoms with Crippen molar-refractivity contribution < 1.29 is 14.3 Å². The van der Waals surface area contributed by atoms with E-state index in [9.17, 15) is 9.59 Å². The van der Waals surface area contributed by atoms with Gasteiger partial charge in [0.15, 0.2) is 0 Å². The SMILES string of the molecule is O=C(Cc1cccc2ccccc12)Nc1ccc(C(=O)N2CCOCC2)cc1. The van der Waals surface area contributed by atoms with Crippen molar-refractivity contribution in [2.24, 2.45) is 0 Å². The molecule has 0 radical (unpaired) electrons. The third kappa shape index (κ3) is 4.05. The molecule has 1 fully saturated rings. The van der Waals surface area contributed by atoms with Gasteiger partial charge in [-0.1, -0.05) is 42.5 Å². The average molecular weight is 374 g/mol. The Morgan fingerprint density at radius 3 is 2.39 bits per heavy atom. The number of nitrogens with zero attached hydrogens (tertiary/aromatic N) is 1. The predicted octanol–water partition coefficient (Wildman–Crippen LogP) is 3.49. The van der Waals surface area contributed by atoms with E-state index in [2.05, 4.69) is 5.32 Å². The first-order valence-corrected chi connectivity index (χ1v) is 9.44. The number of benzene rings is 3. The Morgan fingerprint density at radius 1 is 0.893 bits per heavy atom. The average Bonchev–Trinajstić information content (AvgIpc) is 2.75. The van der Waals surface area contributed by atoms with Gasteiger partial charge in [0.2, 0.25) is 5.91 Å². The lowest BCUT2D eigenvalue weighted by Crippen LogP contribution is -2.40. The highest BCUT2D eigenvalue weighted by atomic mass is 16.5. The van der Waals surface area contributed by atoms with Crippen LogP contribution in [0.4, 0.5) is 5.69 Å². The van der Waals surface area contributed by atoms with Crippen LogP contribution < -0.4 is 5.32 Å². The Morgan fingerprint density at radius 2 is 1.61 bits per heavy atom. The molecule has 4 rings (SSSR count). The molecule has 5 nitrogen and oxygen atoms in total. The topological polar surface area (TPSA) is 58.6 Å². The smallest absolute Gasteiger partial charge is 0.254 e. The first-order valence-electron chi connectivity index (χ1n) is 9.44. The van der Waals surface area contributed by atoms with E-state index >= 15 is 0 Å². The molecule has 1 N–H and O–H groups in total. The maximum atomic E-state index is 12.5. The number of morpholine rings is 1. The van der Waals surface area contributed by atoms with Crippen LogP contribution in [0.3, 0.4) is 0 Å². The van der Waals surface area contributed by atoms with Crippen molar-refractivity contribution in [3.63, 3.8) is 0 Å². The summed E-state index contributed by atoms with van der Waals surface area (Å²) < 4.78 is 5.28. The van der Waals surface area contributed by atoms with Gasteiger partial charge in [0.05, 0.1) is 19.6 Å². The minimum atomic E-state index is -0.0800. The summed E-state index contributed by atoms with van der Waals surface area (Å²) in [6.45, 7) is 2.38. The van der Waals surface area contributed by atoms with Gasteiger partial charge in [-0.25, -0.2) is 0 Å². The van der Waals surface area contributed by atoms with Crippen LogP contribution in [0, 0.1) is 0 Å². The first kappa shape index (κ1) is 18.2. The van der Waals surface area contributed by atoms with Crippen LogP contribution in [0.1, 0.15) is 15.9 Å². The summed E-state index contributed by atoms with van der Waals surface area (Å²) in [5, 5.41) is 5.13. The Labute approximate surface area is 163 Å². The molecule has 1 aliphatic rings. The van der Waals surface area contributed by atoms with Crippen LogP contribution in [0.5, 0.6) is 0 Å². The Hall–Kier alpha value is -3.18. The summed E-state index contributed by atoms with van der Waals surface area (Å²) in [6.07, 6.45) is 0.301. The van der Waals surface area contributed by atoms with Crippen LogP contribution in [0.2, 0.25) is 0 Å². The van der Waals surface area contributed by atoms with Crippen molar-refractivity contribution in [3.8, 4) is 0 Å². The van der Waals surface area contributed by atoms with Gasteiger partial charge in [-0.05, 0) is 40.6 Å². The van der Waals surface area contributed by atoms with Crippen molar-refractivity contribution in [3.05, 3.63) is 77.9 Å². The minimum absolute atomic E-state index is 0.00284. The fraction of sp³-hybridized carbons (Fsp3) is 0.217. The fourth-order valence-electron chi connectivity index (χ4n) is 3.47. The van der Waals surface area contributed by atoms with Gasteiger partial charge in [-0.2, -0.15) is 0 Å². The second-order valence-corrected chi connectivity index (χ2v) is 6.85. The van der Waals surface area contributed by atoms with E-state index in [4.69, 9.17) is 4.74 Å². The second kappa shape index (κ2) is 8.23. The fourth-order valence-corrected chi connectivity index (χ4v) is 3.47. The molecule has 5 heteroatoms. The van der Waals surface area contributed by atoms with Crippen molar-refractivity contribution >= 4 is 28.3 Å². The van der Waals surface area contributed by atoms with Crippen LogP contribution in [0.25, 0.3) is 10.8 Å². The molecule has 1 saturated heterocycles. The lowest BCUT2D eigenvalue weighted by atomic mass is 10.0. The standard InChI is InChI=1S/C23H22N2O3/c26-22(16-19-6-3-5-17-4-1-2-7-21(17)19)24-20-10-8-18(9-11-20)23(27)25-12-14-28-15-13-25/h1-11H,12-16H2,(H,24,26). The summed E-state index contributed by atoms with van der Waals surface area (Å²) in [4.78, 5) is 26.8. The molecule has 0 bridgehead atoms. The molecule has 142 valence electrons. The molecule has 3 aromatic rings. The number of ether oxygens (including phenoxy) is 1. The Bertz CT molecular complexity index is 987. The maximum absolute atomic E-state index is 12.5. The molecule has 0 spiro atoms. The zero-order valence-corrected chi connectivity index (χ0v) is 15.6. The van der Waals surface area contributed by atoms with Gasteiger partial charge in [-0.15, -0.1) is 0 Å². The third-order valence-corrected chi connectivity index (χ3v) is 4.94.